The normalized spacial score (nSPS) is 21.1. The molecule has 3 aliphatic rings. The Morgan fingerprint density at radius 3 is 2.55 bits per heavy atom. The molecule has 5 atom stereocenters. The van der Waals surface area contributed by atoms with Crippen LogP contribution in [-0.4, -0.2) is 112 Å². The van der Waals surface area contributed by atoms with E-state index >= 15 is 0 Å². The van der Waals surface area contributed by atoms with Gasteiger partial charge in [0.15, 0.2) is 0 Å². The Bertz CT molecular complexity index is 2460. The van der Waals surface area contributed by atoms with Crippen molar-refractivity contribution in [2.75, 3.05) is 40.4 Å². The zero-order valence-corrected chi connectivity index (χ0v) is 39.2. The van der Waals surface area contributed by atoms with Crippen molar-refractivity contribution in [2.45, 2.75) is 104 Å². The van der Waals surface area contributed by atoms with E-state index in [9.17, 15) is 24.0 Å². The van der Waals surface area contributed by atoms with E-state index in [0.29, 0.717) is 45.3 Å². The number of carbonyl (C=O) groups excluding carboxylic acids is 5. The summed E-state index contributed by atoms with van der Waals surface area (Å²) in [5.74, 6) is -2.56. The molecule has 4 amide bonds. The lowest BCUT2D eigenvalue weighted by Crippen LogP contribution is -2.62. The number of nitrogens with zero attached hydrogens (tertiary/aromatic N) is 5. The van der Waals surface area contributed by atoms with Crippen molar-refractivity contribution in [2.24, 2.45) is 17.3 Å². The molecule has 0 spiro atoms. The summed E-state index contributed by atoms with van der Waals surface area (Å²) in [6.45, 7) is 17.5. The second kappa shape index (κ2) is 19.7. The van der Waals surface area contributed by atoms with Crippen LogP contribution < -0.4 is 10.7 Å². The van der Waals surface area contributed by atoms with Crippen molar-refractivity contribution < 1.29 is 33.4 Å². The molecule has 2 aromatic heterocycles. The van der Waals surface area contributed by atoms with Crippen LogP contribution >= 0.6 is 0 Å². The lowest BCUT2D eigenvalue weighted by molar-refractivity contribution is -0.155. The maximum atomic E-state index is 14.7. The molecule has 6 bridgehead atoms. The van der Waals surface area contributed by atoms with Crippen molar-refractivity contribution in [1.29, 1.82) is 0 Å². The van der Waals surface area contributed by atoms with Gasteiger partial charge in [-0.05, 0) is 98.0 Å². The Morgan fingerprint density at radius 2 is 1.83 bits per heavy atom. The number of pyridine rings is 1. The lowest BCUT2D eigenvalue weighted by Gasteiger charge is -2.37. The number of hydrogen-bond donors (Lipinski definition) is 2. The second-order valence-electron chi connectivity index (χ2n) is 19.0. The highest BCUT2D eigenvalue weighted by Gasteiger charge is 2.40. The number of benzene rings is 2. The molecule has 7 rings (SSSR count). The molecular weight excluding hydrogens is 823 g/mol. The Balaban J connectivity index is 1.29. The Morgan fingerprint density at radius 1 is 1.06 bits per heavy atom. The zero-order chi connectivity index (χ0) is 46.7. The number of aryl methyl sites for hydroxylation is 1. The third-order valence-corrected chi connectivity index (χ3v) is 13.3. The minimum absolute atomic E-state index is 0.136. The van der Waals surface area contributed by atoms with E-state index in [2.05, 4.69) is 79.1 Å². The highest BCUT2D eigenvalue weighted by molar-refractivity contribution is 5.96. The average molecular weight is 888 g/mol. The number of amides is 4. The van der Waals surface area contributed by atoms with Crippen LogP contribution in [-0.2, 0) is 52.8 Å². The van der Waals surface area contributed by atoms with E-state index in [1.807, 2.05) is 39.0 Å². The monoisotopic (exact) mass is 887 g/mol. The van der Waals surface area contributed by atoms with E-state index in [4.69, 9.17) is 14.5 Å². The number of rotatable bonds is 10. The van der Waals surface area contributed by atoms with Crippen molar-refractivity contribution in [3.05, 3.63) is 90.3 Å². The van der Waals surface area contributed by atoms with Crippen LogP contribution in [0.25, 0.3) is 33.3 Å². The molecule has 14 nitrogen and oxygen atoms in total. The predicted molar refractivity (Wildman–Crippen MR) is 250 cm³/mol. The molecule has 2 saturated heterocycles. The van der Waals surface area contributed by atoms with Gasteiger partial charge in [-0.15, -0.1) is 0 Å². The summed E-state index contributed by atoms with van der Waals surface area (Å²) in [4.78, 5) is 77.2. The number of hydrogen-bond acceptors (Lipinski definition) is 9. The van der Waals surface area contributed by atoms with E-state index in [1.165, 1.54) is 16.0 Å². The number of likely N-dealkylation sites (N-methyl/N-ethyl adjacent to an activating group) is 1. The number of aromatic nitrogens is 2. The Kier molecular flexibility index (Phi) is 14.3. The minimum Gasteiger partial charge on any atom is -0.464 e. The summed E-state index contributed by atoms with van der Waals surface area (Å²) in [7, 11) is 3.30. The van der Waals surface area contributed by atoms with E-state index < -0.39 is 47.2 Å². The molecule has 0 radical (unpaired) electrons. The molecular formula is C51H65N7O7. The van der Waals surface area contributed by atoms with Crippen LogP contribution in [0.3, 0.4) is 0 Å². The van der Waals surface area contributed by atoms with E-state index in [0.717, 1.165) is 50.1 Å². The van der Waals surface area contributed by atoms with Crippen molar-refractivity contribution in [3.8, 4) is 22.4 Å². The first-order valence-electron chi connectivity index (χ1n) is 23.0. The smallest absolute Gasteiger partial charge is 0.324 e. The first-order chi connectivity index (χ1) is 31.0. The van der Waals surface area contributed by atoms with Gasteiger partial charge in [0, 0.05) is 74.8 Å². The first kappa shape index (κ1) is 47.1. The molecule has 2 fully saturated rings. The average Bonchev–Trinajstić information content (AvgIpc) is 3.92. The Labute approximate surface area is 382 Å². The summed E-state index contributed by atoms with van der Waals surface area (Å²) in [6, 6.07) is 15.9. The quantitative estimate of drug-likeness (QED) is 0.139. The van der Waals surface area contributed by atoms with Gasteiger partial charge in [0.05, 0.1) is 30.0 Å². The fourth-order valence-corrected chi connectivity index (χ4v) is 9.88. The van der Waals surface area contributed by atoms with Crippen molar-refractivity contribution in [3.63, 3.8) is 0 Å². The number of nitrogens with one attached hydrogen (secondary N) is 2. The van der Waals surface area contributed by atoms with Gasteiger partial charge in [0.2, 0.25) is 17.7 Å². The maximum Gasteiger partial charge on any atom is 0.324 e. The molecule has 3 aliphatic heterocycles. The summed E-state index contributed by atoms with van der Waals surface area (Å²) in [5, 5.41) is 5.57. The van der Waals surface area contributed by atoms with Gasteiger partial charge in [0.25, 0.3) is 5.91 Å². The van der Waals surface area contributed by atoms with Crippen LogP contribution in [0, 0.1) is 17.3 Å². The highest BCUT2D eigenvalue weighted by Crippen LogP contribution is 2.42. The van der Waals surface area contributed by atoms with Gasteiger partial charge in [-0.1, -0.05) is 64.6 Å². The molecule has 0 saturated carbocycles. The van der Waals surface area contributed by atoms with Gasteiger partial charge in [-0.25, -0.2) is 5.43 Å². The summed E-state index contributed by atoms with van der Waals surface area (Å²) >= 11 is 0. The first-order valence-corrected chi connectivity index (χ1v) is 23.0. The third-order valence-electron chi connectivity index (χ3n) is 13.3. The fraction of sp³-hybridized carbons (Fsp3) is 0.490. The predicted octanol–water partition coefficient (Wildman–Crippen LogP) is 6.26. The number of hydrazine groups is 1. The largest absolute Gasteiger partial charge is 0.464 e. The second-order valence-corrected chi connectivity index (χ2v) is 19.0. The number of carbonyl (C=O) groups is 5. The maximum absolute atomic E-state index is 14.7. The molecule has 1 unspecified atom stereocenters. The van der Waals surface area contributed by atoms with Crippen molar-refractivity contribution >= 4 is 40.5 Å². The van der Waals surface area contributed by atoms with Gasteiger partial charge >= 0.3 is 5.97 Å². The number of likely N-dealkylation sites (tertiary alicyclic amines) is 1. The molecule has 2 aromatic carbocycles. The summed E-state index contributed by atoms with van der Waals surface area (Å²) in [6.07, 6.45) is 5.02. The number of methoxy groups -OCH3 is 1. The van der Waals surface area contributed by atoms with Crippen LogP contribution in [0.2, 0.25) is 0 Å². The van der Waals surface area contributed by atoms with Gasteiger partial charge in [-0.2, -0.15) is 0 Å². The molecule has 4 aromatic rings. The fourth-order valence-electron chi connectivity index (χ4n) is 9.88. The van der Waals surface area contributed by atoms with Gasteiger partial charge in [-0.3, -0.25) is 34.0 Å². The number of cyclic esters (lactones) is 1. The van der Waals surface area contributed by atoms with Gasteiger partial charge in [0.1, 0.15) is 18.1 Å². The third kappa shape index (κ3) is 9.89. The zero-order valence-electron chi connectivity index (χ0n) is 39.2. The van der Waals surface area contributed by atoms with Crippen LogP contribution in [0.15, 0.2) is 73.4 Å². The highest BCUT2D eigenvalue weighted by atomic mass is 16.5. The summed E-state index contributed by atoms with van der Waals surface area (Å²) in [5.41, 5.74) is 10.5. The van der Waals surface area contributed by atoms with Crippen LogP contribution in [0.1, 0.15) is 83.7 Å². The topological polar surface area (TPSA) is 155 Å². The van der Waals surface area contributed by atoms with E-state index in [-0.39, 0.29) is 43.4 Å². The number of esters is 1. The molecule has 65 heavy (non-hydrogen) atoms. The lowest BCUT2D eigenvalue weighted by atomic mass is 9.84. The SMILES string of the molecule is C=CC(=O)N1CC[C@@H](C(=O)N(C)C(C(=O)N[C@H]2Cc3cccc(c3)-c3ccc4c(c3)c(c(-c3cccnc3[C@H](C)OC)n4CC)CC(C)(C)COC(=O)[C@@H]3CCCN(N3)C2=O)C(C)C)C1. The standard InChI is InChI=1S/C51H65N7O7/c1-10-43(59)56-24-21-36(29-56)48(61)55(8)45(31(3)4)47(60)53-41-26-33-15-12-16-34(25-33)35-19-20-42-38(27-35)39(46(57(42)11-2)37-17-13-22-52-44(37)32(5)64-9)28-51(6,7)30-65-50(63)40-18-14-23-58(54-40)49(41)62/h10,12-13,15-17,19-20,22,25,27,31-32,36,40-41,45,54H,1,11,14,18,21,23-24,26,28-30H2,2-9H3,(H,53,60)/t32-,36+,40-,41-,45?/m0/s1. The number of ether oxygens (including phenoxy) is 2. The molecule has 2 N–H and O–H groups in total. The van der Waals surface area contributed by atoms with E-state index in [1.54, 1.807) is 25.3 Å². The molecule has 5 heterocycles. The molecule has 346 valence electrons. The Hall–Kier alpha value is -5.86. The summed E-state index contributed by atoms with van der Waals surface area (Å²) < 4.78 is 14.3. The minimum atomic E-state index is -1.05. The van der Waals surface area contributed by atoms with Gasteiger partial charge < -0.3 is 29.2 Å². The molecule has 0 aliphatic carbocycles. The van der Waals surface area contributed by atoms with Crippen LogP contribution in [0.5, 0.6) is 0 Å². The van der Waals surface area contributed by atoms with Crippen molar-refractivity contribution in [1.82, 2.24) is 35.1 Å². The number of fused-ring (bicyclic) bond motifs is 6. The van der Waals surface area contributed by atoms with Crippen LogP contribution in [0.4, 0.5) is 0 Å². The molecule has 14 heteroatoms.